The van der Waals surface area contributed by atoms with Crippen molar-refractivity contribution < 1.29 is 47.8 Å². The maximum absolute atomic E-state index is 11.2. The molecule has 0 fully saturated rings. The van der Waals surface area contributed by atoms with Gasteiger partial charge in [-0.3, -0.25) is 0 Å². The number of rotatable bonds is 21. The lowest BCUT2D eigenvalue weighted by atomic mass is 10.2. The van der Waals surface area contributed by atoms with Crippen molar-refractivity contribution in [3.8, 4) is 11.5 Å². The van der Waals surface area contributed by atoms with Crippen LogP contribution in [0, 0.1) is 0 Å². The summed E-state index contributed by atoms with van der Waals surface area (Å²) >= 11 is 0. The zero-order chi connectivity index (χ0) is 22.6. The van der Waals surface area contributed by atoms with E-state index in [0.717, 1.165) is 0 Å². The first-order chi connectivity index (χ1) is 15.2. The van der Waals surface area contributed by atoms with Crippen LogP contribution in [0.2, 0.25) is 0 Å². The van der Waals surface area contributed by atoms with Gasteiger partial charge >= 0.3 is 5.97 Å². The van der Waals surface area contributed by atoms with Crippen LogP contribution in [0.1, 0.15) is 10.4 Å². The summed E-state index contributed by atoms with van der Waals surface area (Å²) in [4.78, 5) is 11.2. The quantitative estimate of drug-likeness (QED) is 0.279. The Morgan fingerprint density at radius 1 is 0.645 bits per heavy atom. The SMILES string of the molecule is COCCOCCOCCOc1ccc(C(=O)O)cc1OCCOCCOCCOC. The van der Waals surface area contributed by atoms with E-state index < -0.39 is 5.97 Å². The molecule has 0 bridgehead atoms. The van der Waals surface area contributed by atoms with Crippen LogP contribution in [-0.4, -0.2) is 105 Å². The van der Waals surface area contributed by atoms with Crippen molar-refractivity contribution in [2.24, 2.45) is 0 Å². The molecule has 0 unspecified atom stereocenters. The van der Waals surface area contributed by atoms with E-state index in [2.05, 4.69) is 0 Å². The number of carboxylic acid groups (broad SMARTS) is 1. The fourth-order valence-electron chi connectivity index (χ4n) is 2.22. The number of methoxy groups -OCH3 is 2. The molecular weight excluding hydrogens is 412 g/mol. The summed E-state index contributed by atoms with van der Waals surface area (Å²) in [5, 5.41) is 9.20. The van der Waals surface area contributed by atoms with E-state index in [1.54, 1.807) is 20.3 Å². The van der Waals surface area contributed by atoms with Crippen LogP contribution in [0.25, 0.3) is 0 Å². The standard InChI is InChI=1S/C21H34O10/c1-24-5-7-26-9-11-28-13-15-30-19-4-3-18(21(22)23)17-20(19)31-16-14-29-12-10-27-8-6-25-2/h3-4,17H,5-16H2,1-2H3,(H,22,23). The van der Waals surface area contributed by atoms with Crippen molar-refractivity contribution in [1.29, 1.82) is 0 Å². The van der Waals surface area contributed by atoms with Gasteiger partial charge in [0.05, 0.1) is 71.6 Å². The lowest BCUT2D eigenvalue weighted by Gasteiger charge is -2.14. The van der Waals surface area contributed by atoms with Crippen molar-refractivity contribution in [3.63, 3.8) is 0 Å². The molecule has 0 spiro atoms. The Labute approximate surface area is 183 Å². The van der Waals surface area contributed by atoms with Gasteiger partial charge in [-0.05, 0) is 18.2 Å². The highest BCUT2D eigenvalue weighted by molar-refractivity contribution is 5.88. The molecule has 1 N–H and O–H groups in total. The summed E-state index contributed by atoms with van der Waals surface area (Å²) in [6, 6.07) is 4.45. The normalized spacial score (nSPS) is 10.9. The molecule has 0 aliphatic carbocycles. The van der Waals surface area contributed by atoms with Gasteiger partial charge in [0, 0.05) is 14.2 Å². The molecule has 0 heterocycles. The second-order valence-corrected chi connectivity index (χ2v) is 6.10. The summed E-state index contributed by atoms with van der Waals surface area (Å²) in [6.07, 6.45) is 0. The van der Waals surface area contributed by atoms with Crippen molar-refractivity contribution in [2.45, 2.75) is 0 Å². The Hall–Kier alpha value is -1.95. The van der Waals surface area contributed by atoms with E-state index >= 15 is 0 Å². The second-order valence-electron chi connectivity index (χ2n) is 6.10. The third-order valence-electron chi connectivity index (χ3n) is 3.77. The molecule has 0 atom stereocenters. The second kappa shape index (κ2) is 18.8. The number of aromatic carboxylic acids is 1. The molecular formula is C21H34O10. The maximum Gasteiger partial charge on any atom is 0.335 e. The average Bonchev–Trinajstić information content (AvgIpc) is 2.77. The molecule has 0 aliphatic rings. The van der Waals surface area contributed by atoms with Gasteiger partial charge in [0.2, 0.25) is 0 Å². The Morgan fingerprint density at radius 3 is 1.52 bits per heavy atom. The number of ether oxygens (including phenoxy) is 8. The lowest BCUT2D eigenvalue weighted by molar-refractivity contribution is 0.0159. The highest BCUT2D eigenvalue weighted by Crippen LogP contribution is 2.28. The Balaban J connectivity index is 2.30. The van der Waals surface area contributed by atoms with Gasteiger partial charge in [-0.25, -0.2) is 4.79 Å². The van der Waals surface area contributed by atoms with Crippen LogP contribution >= 0.6 is 0 Å². The topological polar surface area (TPSA) is 111 Å². The smallest absolute Gasteiger partial charge is 0.335 e. The largest absolute Gasteiger partial charge is 0.487 e. The first-order valence-electron chi connectivity index (χ1n) is 10.1. The number of hydrogen-bond acceptors (Lipinski definition) is 9. The zero-order valence-electron chi connectivity index (χ0n) is 18.3. The monoisotopic (exact) mass is 446 g/mol. The average molecular weight is 446 g/mol. The molecule has 0 radical (unpaired) electrons. The predicted molar refractivity (Wildman–Crippen MR) is 111 cm³/mol. The van der Waals surface area contributed by atoms with E-state index in [1.165, 1.54) is 12.1 Å². The maximum atomic E-state index is 11.2. The van der Waals surface area contributed by atoms with E-state index in [1.807, 2.05) is 0 Å². The van der Waals surface area contributed by atoms with E-state index in [9.17, 15) is 9.90 Å². The minimum Gasteiger partial charge on any atom is -0.487 e. The van der Waals surface area contributed by atoms with Crippen LogP contribution in [0.3, 0.4) is 0 Å². The number of hydrogen-bond donors (Lipinski definition) is 1. The summed E-state index contributed by atoms with van der Waals surface area (Å²) in [5.74, 6) is -0.270. The lowest BCUT2D eigenvalue weighted by Crippen LogP contribution is -2.14. The van der Waals surface area contributed by atoms with E-state index in [4.69, 9.17) is 37.9 Å². The summed E-state index contributed by atoms with van der Waals surface area (Å²) in [5.41, 5.74) is 0.110. The fraction of sp³-hybridized carbons (Fsp3) is 0.667. The molecule has 0 saturated carbocycles. The summed E-state index contributed by atoms with van der Waals surface area (Å²) < 4.78 is 42.6. The molecule has 178 valence electrons. The third kappa shape index (κ3) is 13.9. The molecule has 0 amide bonds. The molecule has 0 saturated heterocycles. The minimum absolute atomic E-state index is 0.110. The van der Waals surface area contributed by atoms with E-state index in [-0.39, 0.29) is 18.8 Å². The van der Waals surface area contributed by atoms with Gasteiger partial charge in [-0.1, -0.05) is 0 Å². The molecule has 0 aromatic heterocycles. The highest BCUT2D eigenvalue weighted by atomic mass is 16.6. The first kappa shape index (κ1) is 27.1. The molecule has 1 aromatic carbocycles. The number of benzene rings is 1. The summed E-state index contributed by atoms with van der Waals surface area (Å²) in [7, 11) is 3.23. The minimum atomic E-state index is -1.04. The van der Waals surface area contributed by atoms with Crippen LogP contribution in [0.4, 0.5) is 0 Å². The van der Waals surface area contributed by atoms with Gasteiger partial charge in [-0.2, -0.15) is 0 Å². The van der Waals surface area contributed by atoms with Crippen molar-refractivity contribution >= 4 is 5.97 Å². The fourth-order valence-corrected chi connectivity index (χ4v) is 2.22. The van der Waals surface area contributed by atoms with Gasteiger partial charge < -0.3 is 43.0 Å². The van der Waals surface area contributed by atoms with Crippen LogP contribution in [0.5, 0.6) is 11.5 Å². The van der Waals surface area contributed by atoms with Crippen LogP contribution in [0.15, 0.2) is 18.2 Å². The molecule has 0 aliphatic heterocycles. The van der Waals surface area contributed by atoms with Gasteiger partial charge in [-0.15, -0.1) is 0 Å². The molecule has 1 rings (SSSR count). The van der Waals surface area contributed by atoms with Gasteiger partial charge in [0.25, 0.3) is 0 Å². The first-order valence-corrected chi connectivity index (χ1v) is 10.1. The molecule has 10 heteroatoms. The Bertz CT molecular complexity index is 581. The zero-order valence-corrected chi connectivity index (χ0v) is 18.3. The van der Waals surface area contributed by atoms with Crippen LogP contribution < -0.4 is 9.47 Å². The molecule has 10 nitrogen and oxygen atoms in total. The third-order valence-corrected chi connectivity index (χ3v) is 3.77. The Morgan fingerprint density at radius 2 is 1.06 bits per heavy atom. The molecule has 1 aromatic rings. The van der Waals surface area contributed by atoms with Crippen molar-refractivity contribution in [2.75, 3.05) is 93.5 Å². The van der Waals surface area contributed by atoms with E-state index in [0.29, 0.717) is 77.6 Å². The molecule has 31 heavy (non-hydrogen) atoms. The van der Waals surface area contributed by atoms with Crippen LogP contribution in [-0.2, 0) is 28.4 Å². The number of carboxylic acids is 1. The predicted octanol–water partition coefficient (Wildman–Crippen LogP) is 1.50. The summed E-state index contributed by atoms with van der Waals surface area (Å²) in [6.45, 7) is 5.16. The Kier molecular flexibility index (Phi) is 16.4. The van der Waals surface area contributed by atoms with Gasteiger partial charge in [0.15, 0.2) is 11.5 Å². The van der Waals surface area contributed by atoms with Crippen molar-refractivity contribution in [3.05, 3.63) is 23.8 Å². The van der Waals surface area contributed by atoms with Crippen molar-refractivity contribution in [1.82, 2.24) is 0 Å². The van der Waals surface area contributed by atoms with Gasteiger partial charge in [0.1, 0.15) is 13.2 Å². The highest BCUT2D eigenvalue weighted by Gasteiger charge is 2.11. The number of carbonyl (C=O) groups is 1.